The van der Waals surface area contributed by atoms with E-state index in [2.05, 4.69) is 18.7 Å². The van der Waals surface area contributed by atoms with Crippen LogP contribution in [0.5, 0.6) is 5.75 Å². The van der Waals surface area contributed by atoms with Crippen molar-refractivity contribution < 1.29 is 23.4 Å². The van der Waals surface area contributed by atoms with E-state index in [0.717, 1.165) is 65.8 Å². The van der Waals surface area contributed by atoms with Crippen molar-refractivity contribution in [3.8, 4) is 16.9 Å². The second-order valence-corrected chi connectivity index (χ2v) is 10.6. The van der Waals surface area contributed by atoms with Crippen molar-refractivity contribution in [2.75, 3.05) is 24.6 Å². The normalized spacial score (nSPS) is 15.0. The molecule has 0 spiro atoms. The summed E-state index contributed by atoms with van der Waals surface area (Å²) < 4.78 is 32.8. The highest BCUT2D eigenvalue weighted by Gasteiger charge is 2.30. The molecule has 5 nitrogen and oxygen atoms in total. The zero-order valence-electron chi connectivity index (χ0n) is 21.9. The van der Waals surface area contributed by atoms with Crippen LogP contribution < -0.4 is 9.64 Å². The van der Waals surface area contributed by atoms with Crippen molar-refractivity contribution in [2.24, 2.45) is 5.41 Å². The number of benzene rings is 2. The van der Waals surface area contributed by atoms with Gasteiger partial charge in [-0.25, -0.2) is 8.78 Å². The zero-order chi connectivity index (χ0) is 26.7. The molecule has 0 atom stereocenters. The number of rotatable bonds is 8. The van der Waals surface area contributed by atoms with Crippen LogP contribution in [0.4, 0.5) is 14.5 Å². The van der Waals surface area contributed by atoms with E-state index in [4.69, 9.17) is 9.72 Å². The van der Waals surface area contributed by atoms with Crippen LogP contribution in [0.3, 0.4) is 0 Å². The Balaban J connectivity index is 1.61. The molecule has 0 unspecified atom stereocenters. The van der Waals surface area contributed by atoms with Crippen LogP contribution in [0.1, 0.15) is 49.2 Å². The Morgan fingerprint density at radius 3 is 2.35 bits per heavy atom. The van der Waals surface area contributed by atoms with Gasteiger partial charge in [-0.3, -0.25) is 9.78 Å². The molecule has 0 aliphatic carbocycles. The molecular weight excluding hydrogens is 474 g/mol. The minimum absolute atomic E-state index is 0.0809. The highest BCUT2D eigenvalue weighted by molar-refractivity contribution is 5.86. The topological polar surface area (TPSA) is 62.7 Å². The number of aromatic nitrogens is 1. The predicted molar refractivity (Wildman–Crippen MR) is 141 cm³/mol. The lowest BCUT2D eigenvalue weighted by Crippen LogP contribution is -2.38. The van der Waals surface area contributed by atoms with Crippen LogP contribution in [0, 0.1) is 30.9 Å². The molecule has 0 amide bonds. The number of nitrogens with zero attached hydrogens (tertiary/aromatic N) is 2. The Morgan fingerprint density at radius 2 is 1.73 bits per heavy atom. The minimum atomic E-state index is -0.875. The Morgan fingerprint density at radius 1 is 1.05 bits per heavy atom. The molecule has 3 aromatic rings. The van der Waals surface area contributed by atoms with Gasteiger partial charge in [0.25, 0.3) is 0 Å². The predicted octanol–water partition coefficient (Wildman–Crippen LogP) is 6.52. The molecular formula is C30H34F2N2O3. The van der Waals surface area contributed by atoms with Crippen molar-refractivity contribution in [2.45, 2.75) is 53.4 Å². The minimum Gasteiger partial charge on any atom is -0.493 e. The van der Waals surface area contributed by atoms with Gasteiger partial charge in [-0.1, -0.05) is 32.0 Å². The van der Waals surface area contributed by atoms with Crippen LogP contribution in [-0.2, 0) is 17.6 Å². The Labute approximate surface area is 217 Å². The molecule has 1 fully saturated rings. The highest BCUT2D eigenvalue weighted by Crippen LogP contribution is 2.41. The van der Waals surface area contributed by atoms with Crippen LogP contribution in [0.15, 0.2) is 42.5 Å². The number of carbonyl (C=O) groups is 1. The summed E-state index contributed by atoms with van der Waals surface area (Å²) >= 11 is 0. The fourth-order valence-corrected chi connectivity index (χ4v) is 4.98. The number of carboxylic acid groups (broad SMARTS) is 1. The van der Waals surface area contributed by atoms with E-state index in [-0.39, 0.29) is 18.4 Å². The summed E-state index contributed by atoms with van der Waals surface area (Å²) in [5.41, 5.74) is 5.87. The molecule has 4 rings (SSSR count). The SMILES string of the molecule is Cc1nc(C)c(-c2ccc(OCCc3ccc(F)cc3F)cc2)c(N2CCC(C)(C)CC2)c1CC(=O)O. The third-order valence-electron chi connectivity index (χ3n) is 7.22. The molecule has 0 radical (unpaired) electrons. The number of piperidine rings is 1. The summed E-state index contributed by atoms with van der Waals surface area (Å²) in [6.07, 6.45) is 2.30. The smallest absolute Gasteiger partial charge is 0.307 e. The van der Waals surface area contributed by atoms with Gasteiger partial charge in [0.05, 0.1) is 18.7 Å². The number of aryl methyl sites for hydroxylation is 2. The first-order valence-corrected chi connectivity index (χ1v) is 12.7. The van der Waals surface area contributed by atoms with Crippen molar-refractivity contribution in [3.05, 3.63) is 76.6 Å². The van der Waals surface area contributed by atoms with Gasteiger partial charge in [-0.15, -0.1) is 0 Å². The van der Waals surface area contributed by atoms with Gasteiger partial charge in [-0.2, -0.15) is 0 Å². The third kappa shape index (κ3) is 6.27. The number of carboxylic acids is 1. The van der Waals surface area contributed by atoms with Crippen LogP contribution >= 0.6 is 0 Å². The molecule has 1 saturated heterocycles. The average Bonchev–Trinajstić information content (AvgIpc) is 2.83. The van der Waals surface area contributed by atoms with Crippen molar-refractivity contribution >= 4 is 11.7 Å². The summed E-state index contributed by atoms with van der Waals surface area (Å²) in [7, 11) is 0. The molecule has 196 valence electrons. The van der Waals surface area contributed by atoms with Crippen LogP contribution in [0.2, 0.25) is 0 Å². The van der Waals surface area contributed by atoms with Crippen molar-refractivity contribution in [1.29, 1.82) is 0 Å². The monoisotopic (exact) mass is 508 g/mol. The number of pyridine rings is 1. The van der Waals surface area contributed by atoms with Gasteiger partial charge in [0, 0.05) is 48.1 Å². The molecule has 1 aromatic heterocycles. The maximum Gasteiger partial charge on any atom is 0.307 e. The van der Waals surface area contributed by atoms with Crippen molar-refractivity contribution in [1.82, 2.24) is 4.98 Å². The van der Waals surface area contributed by atoms with E-state index in [1.54, 1.807) is 0 Å². The maximum absolute atomic E-state index is 13.9. The number of halogens is 2. The van der Waals surface area contributed by atoms with E-state index in [1.807, 2.05) is 38.1 Å². The third-order valence-corrected chi connectivity index (χ3v) is 7.22. The molecule has 7 heteroatoms. The number of aliphatic carboxylic acids is 1. The highest BCUT2D eigenvalue weighted by atomic mass is 19.1. The molecule has 1 aliphatic heterocycles. The lowest BCUT2D eigenvalue weighted by molar-refractivity contribution is -0.136. The maximum atomic E-state index is 13.9. The average molecular weight is 509 g/mol. The molecule has 0 saturated carbocycles. The fourth-order valence-electron chi connectivity index (χ4n) is 4.98. The Hall–Kier alpha value is -3.48. The number of anilines is 1. The zero-order valence-corrected chi connectivity index (χ0v) is 21.9. The standard InChI is InChI=1S/C30H34F2N2O3/c1-19-25(18-27(35)36)29(34-14-12-30(3,4)13-15-34)28(20(2)33-19)22-6-9-24(10-7-22)37-16-11-21-5-8-23(31)17-26(21)32/h5-10,17H,11-16,18H2,1-4H3,(H,35,36). The number of ether oxygens (including phenoxy) is 1. The second-order valence-electron chi connectivity index (χ2n) is 10.6. The first-order valence-electron chi connectivity index (χ1n) is 12.7. The first kappa shape index (κ1) is 26.6. The molecule has 2 aromatic carbocycles. The largest absolute Gasteiger partial charge is 0.493 e. The van der Waals surface area contributed by atoms with Gasteiger partial charge in [0.15, 0.2) is 0 Å². The lowest BCUT2D eigenvalue weighted by atomic mass is 9.82. The van der Waals surface area contributed by atoms with Crippen LogP contribution in [-0.4, -0.2) is 35.8 Å². The van der Waals surface area contributed by atoms with E-state index in [1.165, 1.54) is 12.1 Å². The van der Waals surface area contributed by atoms with Gasteiger partial charge in [0.1, 0.15) is 17.4 Å². The van der Waals surface area contributed by atoms with E-state index < -0.39 is 17.6 Å². The van der Waals surface area contributed by atoms with Gasteiger partial charge < -0.3 is 14.7 Å². The van der Waals surface area contributed by atoms with Gasteiger partial charge in [-0.05, 0) is 61.4 Å². The lowest BCUT2D eigenvalue weighted by Gasteiger charge is -2.40. The second kappa shape index (κ2) is 10.9. The number of hydrogen-bond donors (Lipinski definition) is 1. The Kier molecular flexibility index (Phi) is 7.81. The summed E-state index contributed by atoms with van der Waals surface area (Å²) in [6, 6.07) is 11.2. The molecule has 1 N–H and O–H groups in total. The summed E-state index contributed by atoms with van der Waals surface area (Å²) in [5, 5.41) is 9.66. The van der Waals surface area contributed by atoms with E-state index >= 15 is 0 Å². The molecule has 37 heavy (non-hydrogen) atoms. The molecule has 0 bridgehead atoms. The molecule has 1 aliphatic rings. The van der Waals surface area contributed by atoms with E-state index in [9.17, 15) is 18.7 Å². The summed E-state index contributed by atoms with van der Waals surface area (Å²) in [4.78, 5) is 18.8. The summed E-state index contributed by atoms with van der Waals surface area (Å²) in [6.45, 7) is 10.4. The van der Waals surface area contributed by atoms with Gasteiger partial charge >= 0.3 is 5.97 Å². The van der Waals surface area contributed by atoms with E-state index in [0.29, 0.717) is 17.7 Å². The van der Waals surface area contributed by atoms with Crippen LogP contribution in [0.25, 0.3) is 11.1 Å². The molecule has 2 heterocycles. The van der Waals surface area contributed by atoms with Gasteiger partial charge in [0.2, 0.25) is 0 Å². The summed E-state index contributed by atoms with van der Waals surface area (Å²) in [5.74, 6) is -1.42. The van der Waals surface area contributed by atoms with Crippen molar-refractivity contribution in [3.63, 3.8) is 0 Å². The Bertz CT molecular complexity index is 1280. The fraction of sp³-hybridized carbons (Fsp3) is 0.400. The first-order chi connectivity index (χ1) is 17.5. The quantitative estimate of drug-likeness (QED) is 0.375. The number of hydrogen-bond acceptors (Lipinski definition) is 4.